The van der Waals surface area contributed by atoms with Gasteiger partial charge in [0.05, 0.1) is 5.41 Å². The lowest BCUT2D eigenvalue weighted by Crippen LogP contribution is -2.59. The van der Waals surface area contributed by atoms with Crippen molar-refractivity contribution in [2.45, 2.75) is 17.9 Å². The summed E-state index contributed by atoms with van der Waals surface area (Å²) in [4.78, 5) is 45.4. The van der Waals surface area contributed by atoms with E-state index in [0.717, 1.165) is 16.8 Å². The Morgan fingerprint density at radius 1 is 0.900 bits per heavy atom. The van der Waals surface area contributed by atoms with Crippen LogP contribution in [0.3, 0.4) is 0 Å². The van der Waals surface area contributed by atoms with Gasteiger partial charge in [-0.2, -0.15) is 0 Å². The molecule has 0 unspecified atom stereocenters. The van der Waals surface area contributed by atoms with Gasteiger partial charge in [0.25, 0.3) is 5.91 Å². The molecular weight excluding hydrogens is 402 g/mol. The van der Waals surface area contributed by atoms with E-state index in [1.54, 1.807) is 24.1 Å². The molecule has 0 saturated carbocycles. The number of likely N-dealkylation sites (tertiary alicyclic amines) is 2. The van der Waals surface area contributed by atoms with Gasteiger partial charge in [0.2, 0.25) is 11.8 Å². The molecule has 6 nitrogen and oxygen atoms in total. The van der Waals surface area contributed by atoms with E-state index >= 15 is 0 Å². The molecule has 3 amide bonds. The summed E-state index contributed by atoms with van der Waals surface area (Å²) < 4.78 is 0. The average molecular weight is 424 g/mol. The molecule has 0 N–H and O–H groups in total. The summed E-state index contributed by atoms with van der Waals surface area (Å²) in [6.45, 7) is 0.475. The molecule has 3 atom stereocenters. The smallest absolute Gasteiger partial charge is 0.253 e. The molecule has 0 aliphatic carbocycles. The molecule has 0 bridgehead atoms. The SMILES string of the molecule is CN1C(=O)C[C@@]2(C1=O)[C@@H](c1ccc(Cl)cc1)CN(C)[C@@]21C(=O)N(C)c2ccccc21. The highest BCUT2D eigenvalue weighted by atomic mass is 35.5. The maximum Gasteiger partial charge on any atom is 0.253 e. The first-order chi connectivity index (χ1) is 14.3. The molecule has 3 aliphatic heterocycles. The van der Waals surface area contributed by atoms with E-state index < -0.39 is 11.0 Å². The fourth-order valence-corrected chi connectivity index (χ4v) is 6.11. The molecule has 2 aromatic rings. The number of nitrogens with zero attached hydrogens (tertiary/aromatic N) is 3. The van der Waals surface area contributed by atoms with Crippen molar-refractivity contribution in [1.82, 2.24) is 9.80 Å². The number of anilines is 1. The fraction of sp³-hybridized carbons (Fsp3) is 0.348. The Bertz CT molecular complexity index is 1100. The molecule has 2 spiro atoms. The number of fused-ring (bicyclic) bond motifs is 3. The third kappa shape index (κ3) is 2.01. The number of hydrogen-bond donors (Lipinski definition) is 0. The second kappa shape index (κ2) is 6.15. The van der Waals surface area contributed by atoms with Crippen LogP contribution in [0.2, 0.25) is 5.02 Å². The third-order valence-corrected chi connectivity index (χ3v) is 7.55. The predicted molar refractivity (Wildman–Crippen MR) is 113 cm³/mol. The number of imide groups is 1. The maximum atomic E-state index is 13.9. The number of halogens is 1. The highest BCUT2D eigenvalue weighted by molar-refractivity contribution is 6.30. The first-order valence-electron chi connectivity index (χ1n) is 9.92. The van der Waals surface area contributed by atoms with Crippen LogP contribution >= 0.6 is 11.6 Å². The van der Waals surface area contributed by atoms with Crippen molar-refractivity contribution >= 4 is 35.0 Å². The van der Waals surface area contributed by atoms with E-state index in [4.69, 9.17) is 11.6 Å². The largest absolute Gasteiger partial charge is 0.313 e. The van der Waals surface area contributed by atoms with Crippen LogP contribution in [-0.4, -0.2) is 55.2 Å². The number of rotatable bonds is 1. The molecule has 5 rings (SSSR count). The second-order valence-corrected chi connectivity index (χ2v) is 8.92. The van der Waals surface area contributed by atoms with Gasteiger partial charge in [-0.25, -0.2) is 0 Å². The minimum atomic E-state index is -1.24. The van der Waals surface area contributed by atoms with Crippen molar-refractivity contribution in [3.8, 4) is 0 Å². The topological polar surface area (TPSA) is 60.9 Å². The Balaban J connectivity index is 1.84. The number of hydrogen-bond acceptors (Lipinski definition) is 4. The molecule has 2 fully saturated rings. The predicted octanol–water partition coefficient (Wildman–Crippen LogP) is 2.62. The normalized spacial score (nSPS) is 30.9. The number of likely N-dealkylation sites (N-methyl/N-ethyl adjacent to an activating group) is 2. The molecule has 2 saturated heterocycles. The first-order valence-corrected chi connectivity index (χ1v) is 10.3. The van der Waals surface area contributed by atoms with Crippen LogP contribution in [0.25, 0.3) is 0 Å². The van der Waals surface area contributed by atoms with Gasteiger partial charge >= 0.3 is 0 Å². The Hall–Kier alpha value is -2.70. The van der Waals surface area contributed by atoms with Crippen LogP contribution < -0.4 is 4.90 Å². The van der Waals surface area contributed by atoms with Gasteiger partial charge in [-0.3, -0.25) is 24.2 Å². The average Bonchev–Trinajstić information content (AvgIpc) is 3.23. The third-order valence-electron chi connectivity index (χ3n) is 7.30. The summed E-state index contributed by atoms with van der Waals surface area (Å²) in [5.41, 5.74) is 0.00656. The molecule has 2 aromatic carbocycles. The van der Waals surface area contributed by atoms with E-state index in [2.05, 4.69) is 0 Å². The summed E-state index contributed by atoms with van der Waals surface area (Å²) in [5.74, 6) is -1.05. The highest BCUT2D eigenvalue weighted by Gasteiger charge is 2.77. The quantitative estimate of drug-likeness (QED) is 0.661. The van der Waals surface area contributed by atoms with E-state index in [1.807, 2.05) is 48.3 Å². The van der Waals surface area contributed by atoms with Gasteiger partial charge in [0.15, 0.2) is 0 Å². The van der Waals surface area contributed by atoms with Crippen LogP contribution in [-0.2, 0) is 19.9 Å². The van der Waals surface area contributed by atoms with Crippen molar-refractivity contribution in [3.05, 3.63) is 64.7 Å². The molecule has 7 heteroatoms. The van der Waals surface area contributed by atoms with Crippen LogP contribution in [0.15, 0.2) is 48.5 Å². The van der Waals surface area contributed by atoms with Crippen LogP contribution in [0.5, 0.6) is 0 Å². The fourth-order valence-electron chi connectivity index (χ4n) is 5.98. The standard InChI is InChI=1S/C23H22ClN3O3/c1-25-13-17(14-8-10-15(24)11-9-14)22(12-19(28)27(3)20(22)29)23(25)16-6-4-5-7-18(16)26(2)21(23)30/h4-11,17H,12-13H2,1-3H3/t17-,22+,23+/m1/s1. The van der Waals surface area contributed by atoms with Gasteiger partial charge in [-0.15, -0.1) is 0 Å². The molecule has 30 heavy (non-hydrogen) atoms. The van der Waals surface area contributed by atoms with Gasteiger partial charge < -0.3 is 4.90 Å². The van der Waals surface area contributed by atoms with Gasteiger partial charge in [-0.05, 0) is 30.8 Å². The number of amides is 3. The molecule has 154 valence electrons. The van der Waals surface area contributed by atoms with Crippen molar-refractivity contribution in [3.63, 3.8) is 0 Å². The monoisotopic (exact) mass is 423 g/mol. The first kappa shape index (κ1) is 19.3. The zero-order chi connectivity index (χ0) is 21.4. The molecule has 3 aliphatic rings. The van der Waals surface area contributed by atoms with Gasteiger partial charge in [0.1, 0.15) is 5.54 Å². The highest BCUT2D eigenvalue weighted by Crippen LogP contribution is 2.66. The van der Waals surface area contributed by atoms with Crippen molar-refractivity contribution in [2.75, 3.05) is 32.6 Å². The van der Waals surface area contributed by atoms with Crippen molar-refractivity contribution in [1.29, 1.82) is 0 Å². The molecule has 3 heterocycles. The summed E-state index contributed by atoms with van der Waals surface area (Å²) in [7, 11) is 5.12. The second-order valence-electron chi connectivity index (χ2n) is 8.48. The number of carbonyl (C=O) groups is 3. The molecule has 0 aromatic heterocycles. The number of benzene rings is 2. The Morgan fingerprint density at radius 2 is 1.57 bits per heavy atom. The minimum absolute atomic E-state index is 0.00607. The zero-order valence-electron chi connectivity index (χ0n) is 17.1. The van der Waals surface area contributed by atoms with Gasteiger partial charge in [0, 0.05) is 49.3 Å². The van der Waals surface area contributed by atoms with E-state index in [1.165, 1.54) is 11.9 Å². The summed E-state index contributed by atoms with van der Waals surface area (Å²) in [6.07, 6.45) is -0.00607. The van der Waals surface area contributed by atoms with Crippen LogP contribution in [0.1, 0.15) is 23.5 Å². The summed E-state index contributed by atoms with van der Waals surface area (Å²) >= 11 is 6.10. The van der Waals surface area contributed by atoms with Gasteiger partial charge in [-0.1, -0.05) is 41.9 Å². The van der Waals surface area contributed by atoms with E-state index in [9.17, 15) is 14.4 Å². The minimum Gasteiger partial charge on any atom is -0.313 e. The Labute approximate surface area is 180 Å². The van der Waals surface area contributed by atoms with Crippen LogP contribution in [0, 0.1) is 5.41 Å². The lowest BCUT2D eigenvalue weighted by atomic mass is 9.60. The van der Waals surface area contributed by atoms with Crippen molar-refractivity contribution < 1.29 is 14.4 Å². The molecular formula is C23H22ClN3O3. The molecule has 0 radical (unpaired) electrons. The van der Waals surface area contributed by atoms with Crippen LogP contribution in [0.4, 0.5) is 5.69 Å². The summed E-state index contributed by atoms with van der Waals surface area (Å²) in [5, 5.41) is 0.599. The Kier molecular flexibility index (Phi) is 3.95. The maximum absolute atomic E-state index is 13.9. The number of carbonyl (C=O) groups excluding carboxylic acids is 3. The Morgan fingerprint density at radius 3 is 2.20 bits per heavy atom. The van der Waals surface area contributed by atoms with Crippen molar-refractivity contribution in [2.24, 2.45) is 5.41 Å². The summed E-state index contributed by atoms with van der Waals surface area (Å²) in [6, 6.07) is 14.9. The van der Waals surface area contributed by atoms with E-state index in [0.29, 0.717) is 11.6 Å². The lowest BCUT2D eigenvalue weighted by molar-refractivity contribution is -0.149. The number of para-hydroxylation sites is 1. The zero-order valence-corrected chi connectivity index (χ0v) is 17.8. The van der Waals surface area contributed by atoms with E-state index in [-0.39, 0.29) is 30.1 Å². The lowest BCUT2D eigenvalue weighted by Gasteiger charge is -2.42.